The second kappa shape index (κ2) is 6.73. The van der Waals surface area contributed by atoms with Crippen LogP contribution in [-0.2, 0) is 6.42 Å². The fourth-order valence-corrected chi connectivity index (χ4v) is 3.52. The lowest BCUT2D eigenvalue weighted by molar-refractivity contribution is 0.00991. The third-order valence-electron chi connectivity index (χ3n) is 5.30. The minimum atomic E-state index is 0.129. The molecule has 0 saturated carbocycles. The van der Waals surface area contributed by atoms with Gasteiger partial charge in [-0.15, -0.1) is 0 Å². The highest BCUT2D eigenvalue weighted by molar-refractivity contribution is 5.15. The van der Waals surface area contributed by atoms with Crippen LogP contribution in [-0.4, -0.2) is 29.6 Å². The van der Waals surface area contributed by atoms with E-state index < -0.39 is 0 Å². The number of nitrogens with zero attached hydrogens (tertiary/aromatic N) is 1. The van der Waals surface area contributed by atoms with Crippen molar-refractivity contribution >= 4 is 0 Å². The van der Waals surface area contributed by atoms with Crippen molar-refractivity contribution in [1.29, 1.82) is 0 Å². The van der Waals surface area contributed by atoms with Crippen LogP contribution in [0, 0.1) is 5.92 Å². The van der Waals surface area contributed by atoms with Gasteiger partial charge in [-0.1, -0.05) is 37.3 Å². The van der Waals surface area contributed by atoms with Crippen molar-refractivity contribution in [3.05, 3.63) is 35.9 Å². The Balaban J connectivity index is 2.04. The van der Waals surface area contributed by atoms with Crippen molar-refractivity contribution in [2.24, 2.45) is 11.7 Å². The molecule has 1 aromatic rings. The summed E-state index contributed by atoms with van der Waals surface area (Å²) < 4.78 is 0. The number of likely N-dealkylation sites (tertiary alicyclic amines) is 1. The van der Waals surface area contributed by atoms with E-state index in [0.29, 0.717) is 6.04 Å². The van der Waals surface area contributed by atoms with E-state index in [2.05, 4.69) is 56.0 Å². The second-order valence-electron chi connectivity index (χ2n) is 6.74. The zero-order valence-electron chi connectivity index (χ0n) is 13.3. The molecule has 0 spiro atoms. The molecule has 1 saturated heterocycles. The maximum atomic E-state index is 6.17. The largest absolute Gasteiger partial charge is 0.329 e. The number of piperidine rings is 1. The lowest BCUT2D eigenvalue weighted by Gasteiger charge is -2.49. The van der Waals surface area contributed by atoms with Gasteiger partial charge in [0.25, 0.3) is 0 Å². The summed E-state index contributed by atoms with van der Waals surface area (Å²) in [5, 5.41) is 0. The van der Waals surface area contributed by atoms with Crippen LogP contribution >= 0.6 is 0 Å². The molecule has 2 rings (SSSR count). The van der Waals surface area contributed by atoms with Gasteiger partial charge in [0.05, 0.1) is 0 Å². The summed E-state index contributed by atoms with van der Waals surface area (Å²) in [6.45, 7) is 9.06. The number of rotatable bonds is 5. The van der Waals surface area contributed by atoms with Crippen LogP contribution in [0.15, 0.2) is 30.3 Å². The number of nitrogens with two attached hydrogens (primary N) is 1. The summed E-state index contributed by atoms with van der Waals surface area (Å²) in [5.74, 6) is 0.784. The Morgan fingerprint density at radius 1 is 1.25 bits per heavy atom. The van der Waals surface area contributed by atoms with Crippen LogP contribution in [0.25, 0.3) is 0 Å². The van der Waals surface area contributed by atoms with Crippen LogP contribution < -0.4 is 5.73 Å². The summed E-state index contributed by atoms with van der Waals surface area (Å²) in [6, 6.07) is 11.4. The van der Waals surface area contributed by atoms with Gasteiger partial charge in [0, 0.05) is 18.1 Å². The number of benzene rings is 1. The Bertz CT molecular complexity index is 403. The summed E-state index contributed by atoms with van der Waals surface area (Å²) >= 11 is 0. The Hall–Kier alpha value is -0.860. The first-order chi connectivity index (χ1) is 9.57. The van der Waals surface area contributed by atoms with Crippen LogP contribution in [0.3, 0.4) is 0 Å². The van der Waals surface area contributed by atoms with Gasteiger partial charge < -0.3 is 5.73 Å². The van der Waals surface area contributed by atoms with Crippen molar-refractivity contribution in [2.45, 2.75) is 58.0 Å². The van der Waals surface area contributed by atoms with Gasteiger partial charge in [-0.25, -0.2) is 0 Å². The van der Waals surface area contributed by atoms with Gasteiger partial charge in [0.2, 0.25) is 0 Å². The first-order valence-corrected chi connectivity index (χ1v) is 8.07. The van der Waals surface area contributed by atoms with E-state index in [1.54, 1.807) is 0 Å². The van der Waals surface area contributed by atoms with Crippen LogP contribution in [0.1, 0.15) is 45.6 Å². The minimum absolute atomic E-state index is 0.129. The van der Waals surface area contributed by atoms with Crippen molar-refractivity contribution in [3.63, 3.8) is 0 Å². The standard InChI is InChI=1S/C18H30N2/c1-15-8-7-13-20(16(15)2)18(3,14-19)12-11-17-9-5-4-6-10-17/h4-6,9-10,15-16H,7-8,11-14,19H2,1-3H3. The first-order valence-electron chi connectivity index (χ1n) is 8.07. The van der Waals surface area contributed by atoms with E-state index in [-0.39, 0.29) is 5.54 Å². The van der Waals surface area contributed by atoms with Gasteiger partial charge in [-0.2, -0.15) is 0 Å². The van der Waals surface area contributed by atoms with E-state index in [9.17, 15) is 0 Å². The van der Waals surface area contributed by atoms with Crippen LogP contribution in [0.5, 0.6) is 0 Å². The lowest BCUT2D eigenvalue weighted by Crippen LogP contribution is -2.58. The van der Waals surface area contributed by atoms with E-state index in [1.165, 1.54) is 24.9 Å². The summed E-state index contributed by atoms with van der Waals surface area (Å²) in [6.07, 6.45) is 4.93. The molecule has 2 nitrogen and oxygen atoms in total. The molecule has 0 bridgehead atoms. The molecule has 0 aliphatic carbocycles. The van der Waals surface area contributed by atoms with Crippen molar-refractivity contribution in [3.8, 4) is 0 Å². The normalized spacial score (nSPS) is 27.2. The van der Waals surface area contributed by atoms with Crippen LogP contribution in [0.2, 0.25) is 0 Å². The van der Waals surface area contributed by atoms with Gasteiger partial charge in [-0.05, 0) is 57.6 Å². The highest BCUT2D eigenvalue weighted by Crippen LogP contribution is 2.31. The number of hydrogen-bond acceptors (Lipinski definition) is 2. The lowest BCUT2D eigenvalue weighted by atomic mass is 9.83. The van der Waals surface area contributed by atoms with Gasteiger partial charge >= 0.3 is 0 Å². The molecule has 0 aromatic heterocycles. The molecule has 0 amide bonds. The Morgan fingerprint density at radius 2 is 1.95 bits per heavy atom. The summed E-state index contributed by atoms with van der Waals surface area (Å²) in [7, 11) is 0. The van der Waals surface area contributed by atoms with Crippen molar-refractivity contribution in [2.75, 3.05) is 13.1 Å². The van der Waals surface area contributed by atoms with Crippen molar-refractivity contribution in [1.82, 2.24) is 4.90 Å². The second-order valence-corrected chi connectivity index (χ2v) is 6.74. The maximum absolute atomic E-state index is 6.17. The van der Waals surface area contributed by atoms with E-state index in [1.807, 2.05) is 0 Å². The summed E-state index contributed by atoms with van der Waals surface area (Å²) in [5.41, 5.74) is 7.72. The Kier molecular flexibility index (Phi) is 5.22. The zero-order valence-corrected chi connectivity index (χ0v) is 13.3. The zero-order chi connectivity index (χ0) is 14.6. The summed E-state index contributed by atoms with van der Waals surface area (Å²) in [4.78, 5) is 2.67. The molecule has 2 N–H and O–H groups in total. The van der Waals surface area contributed by atoms with Crippen molar-refractivity contribution < 1.29 is 0 Å². The number of hydrogen-bond donors (Lipinski definition) is 1. The topological polar surface area (TPSA) is 29.3 Å². The molecular formula is C18H30N2. The maximum Gasteiger partial charge on any atom is 0.0309 e. The fourth-order valence-electron chi connectivity index (χ4n) is 3.52. The van der Waals surface area contributed by atoms with Gasteiger partial charge in [-0.3, -0.25) is 4.90 Å². The molecule has 1 fully saturated rings. The molecule has 20 heavy (non-hydrogen) atoms. The third-order valence-corrected chi connectivity index (χ3v) is 5.30. The molecule has 1 aliphatic rings. The molecule has 3 unspecified atom stereocenters. The molecule has 1 aromatic carbocycles. The third kappa shape index (κ3) is 3.42. The molecule has 1 aliphatic heterocycles. The minimum Gasteiger partial charge on any atom is -0.329 e. The monoisotopic (exact) mass is 274 g/mol. The molecule has 3 atom stereocenters. The SMILES string of the molecule is CC1CCCN(C(C)(CN)CCc2ccccc2)C1C. The fraction of sp³-hybridized carbons (Fsp3) is 0.667. The smallest absolute Gasteiger partial charge is 0.0309 e. The van der Waals surface area contributed by atoms with Gasteiger partial charge in [0.1, 0.15) is 0 Å². The predicted molar refractivity (Wildman–Crippen MR) is 86.8 cm³/mol. The van der Waals surface area contributed by atoms with Gasteiger partial charge in [0.15, 0.2) is 0 Å². The molecular weight excluding hydrogens is 244 g/mol. The molecule has 112 valence electrons. The van der Waals surface area contributed by atoms with E-state index in [4.69, 9.17) is 5.73 Å². The van der Waals surface area contributed by atoms with E-state index >= 15 is 0 Å². The average Bonchev–Trinajstić information content (AvgIpc) is 2.49. The Morgan fingerprint density at radius 3 is 2.60 bits per heavy atom. The quantitative estimate of drug-likeness (QED) is 0.891. The highest BCUT2D eigenvalue weighted by Gasteiger charge is 2.37. The highest BCUT2D eigenvalue weighted by atomic mass is 15.2. The predicted octanol–water partition coefficient (Wildman–Crippen LogP) is 3.46. The molecule has 2 heteroatoms. The number of aryl methyl sites for hydroxylation is 1. The Labute approximate surface area is 124 Å². The van der Waals surface area contributed by atoms with E-state index in [0.717, 1.165) is 25.3 Å². The molecule has 0 radical (unpaired) electrons. The van der Waals surface area contributed by atoms with Crippen LogP contribution in [0.4, 0.5) is 0 Å². The first kappa shape index (κ1) is 15.5. The average molecular weight is 274 g/mol. The molecule has 1 heterocycles.